The second-order valence-corrected chi connectivity index (χ2v) is 9.34. The lowest BCUT2D eigenvalue weighted by Gasteiger charge is -2.38. The summed E-state index contributed by atoms with van der Waals surface area (Å²) in [5.41, 5.74) is 2.30. The molecule has 1 aromatic carbocycles. The van der Waals surface area contributed by atoms with Gasteiger partial charge >= 0.3 is 5.97 Å². The van der Waals surface area contributed by atoms with Crippen molar-refractivity contribution < 1.29 is 19.0 Å². The maximum Gasteiger partial charge on any atom is 0.303 e. The Balaban J connectivity index is 1.39. The highest BCUT2D eigenvalue weighted by molar-refractivity contribution is 5.83. The molecule has 0 radical (unpaired) electrons. The molecule has 188 valence electrons. The van der Waals surface area contributed by atoms with E-state index >= 15 is 4.39 Å². The minimum Gasteiger partial charge on any atom is -0.497 e. The van der Waals surface area contributed by atoms with Crippen molar-refractivity contribution in [2.45, 2.75) is 38.3 Å². The molecule has 2 aromatic heterocycles. The second-order valence-electron chi connectivity index (χ2n) is 9.34. The minimum atomic E-state index is -1.12. The zero-order chi connectivity index (χ0) is 25.3. The molecule has 3 atom stereocenters. The predicted octanol–water partition coefficient (Wildman–Crippen LogP) is 5.28. The predicted molar refractivity (Wildman–Crippen MR) is 137 cm³/mol. The molecule has 0 spiro atoms. The number of likely N-dealkylation sites (tertiary alicyclic amines) is 1. The van der Waals surface area contributed by atoms with E-state index in [9.17, 15) is 9.90 Å². The Bertz CT molecular complexity index is 1220. The quantitative estimate of drug-likeness (QED) is 0.412. The third-order valence-electron chi connectivity index (χ3n) is 7.03. The Morgan fingerprint density at radius 3 is 2.81 bits per heavy atom. The van der Waals surface area contributed by atoms with E-state index in [2.05, 4.69) is 26.7 Å². The van der Waals surface area contributed by atoms with Crippen molar-refractivity contribution >= 4 is 16.9 Å². The van der Waals surface area contributed by atoms with Crippen molar-refractivity contribution in [2.24, 2.45) is 11.8 Å². The van der Waals surface area contributed by atoms with Crippen molar-refractivity contribution in [2.75, 3.05) is 26.7 Å². The molecule has 4 rings (SSSR count). The van der Waals surface area contributed by atoms with Gasteiger partial charge < -0.3 is 9.84 Å². The lowest BCUT2D eigenvalue weighted by Crippen LogP contribution is -2.41. The largest absolute Gasteiger partial charge is 0.497 e. The number of carbonyl (C=O) groups is 1. The number of carboxylic acid groups (broad SMARTS) is 1. The number of halogens is 1. The van der Waals surface area contributed by atoms with E-state index in [1.807, 2.05) is 30.3 Å². The van der Waals surface area contributed by atoms with E-state index in [0.29, 0.717) is 30.7 Å². The highest BCUT2D eigenvalue weighted by atomic mass is 19.1. The molecule has 7 heteroatoms. The molecule has 6 nitrogen and oxygen atoms in total. The Morgan fingerprint density at radius 2 is 2.03 bits per heavy atom. The molecule has 1 fully saturated rings. The van der Waals surface area contributed by atoms with Crippen LogP contribution in [0.2, 0.25) is 0 Å². The second kappa shape index (κ2) is 12.5. The Kier molecular flexibility index (Phi) is 8.85. The van der Waals surface area contributed by atoms with Gasteiger partial charge in [0.1, 0.15) is 11.9 Å². The number of methoxy groups -OCH3 is 1. The number of hydrogen-bond donors (Lipinski definition) is 1. The highest BCUT2D eigenvalue weighted by Gasteiger charge is 2.30. The first-order valence-corrected chi connectivity index (χ1v) is 12.4. The van der Waals surface area contributed by atoms with Crippen LogP contribution in [0.3, 0.4) is 0 Å². The number of aromatic nitrogens is 2. The average molecular weight is 490 g/mol. The highest BCUT2D eigenvalue weighted by Crippen LogP contribution is 2.36. The normalized spacial score (nSPS) is 18.8. The van der Waals surface area contributed by atoms with Gasteiger partial charge in [-0.25, -0.2) is 4.39 Å². The molecule has 0 saturated carbocycles. The third-order valence-corrected chi connectivity index (χ3v) is 7.03. The van der Waals surface area contributed by atoms with Crippen LogP contribution in [0.4, 0.5) is 4.39 Å². The van der Waals surface area contributed by atoms with Crippen LogP contribution in [0.5, 0.6) is 5.75 Å². The minimum absolute atomic E-state index is 0.130. The number of aliphatic carboxylic acids is 1. The summed E-state index contributed by atoms with van der Waals surface area (Å²) < 4.78 is 20.8. The zero-order valence-corrected chi connectivity index (χ0v) is 20.6. The Hall–Kier alpha value is -3.50. The van der Waals surface area contributed by atoms with Gasteiger partial charge in [-0.1, -0.05) is 11.8 Å². The van der Waals surface area contributed by atoms with Gasteiger partial charge in [0.25, 0.3) is 0 Å². The van der Waals surface area contributed by atoms with Crippen molar-refractivity contribution in [3.63, 3.8) is 0 Å². The van der Waals surface area contributed by atoms with Crippen LogP contribution in [0.1, 0.15) is 49.4 Å². The molecule has 0 aliphatic carbocycles. The van der Waals surface area contributed by atoms with Crippen molar-refractivity contribution in [1.29, 1.82) is 0 Å². The first-order valence-electron chi connectivity index (χ1n) is 12.4. The molecule has 1 N–H and O–H groups in total. The van der Waals surface area contributed by atoms with Crippen LogP contribution in [0, 0.1) is 23.7 Å². The number of hydrogen-bond acceptors (Lipinski definition) is 5. The van der Waals surface area contributed by atoms with Crippen molar-refractivity contribution in [1.82, 2.24) is 14.9 Å². The van der Waals surface area contributed by atoms with E-state index in [1.54, 1.807) is 31.8 Å². The molecule has 1 aliphatic heterocycles. The van der Waals surface area contributed by atoms with Crippen molar-refractivity contribution in [3.8, 4) is 17.6 Å². The van der Waals surface area contributed by atoms with Crippen LogP contribution < -0.4 is 4.74 Å². The molecule has 3 heterocycles. The van der Waals surface area contributed by atoms with Gasteiger partial charge in [0.2, 0.25) is 0 Å². The smallest absolute Gasteiger partial charge is 0.303 e. The summed E-state index contributed by atoms with van der Waals surface area (Å²) in [6.07, 6.45) is 6.74. The van der Waals surface area contributed by atoms with E-state index in [4.69, 9.17) is 4.74 Å². The molecular formula is C29H32FN3O3. The first-order chi connectivity index (χ1) is 17.5. The number of rotatable bonds is 9. The molecule has 1 saturated heterocycles. The molecule has 0 bridgehead atoms. The fraction of sp³-hybridized carbons (Fsp3) is 0.414. The lowest BCUT2D eigenvalue weighted by molar-refractivity contribution is -0.137. The summed E-state index contributed by atoms with van der Waals surface area (Å²) in [5, 5.41) is 10.0. The fourth-order valence-electron chi connectivity index (χ4n) is 5.07. The maximum atomic E-state index is 15.5. The summed E-state index contributed by atoms with van der Waals surface area (Å²) in [4.78, 5) is 21.9. The number of fused-ring (bicyclic) bond motifs is 1. The number of ether oxygens (including phenoxy) is 1. The standard InChI is InChI=1S/C29H32FN3O3/c1-36-24-6-8-28-26(19-24)25(12-16-32-28)27(30)7-4-22-13-18-33(20-23(22)5-9-29(34)35)17-2-3-21-10-14-31-15-11-21/h6,8,10-12,14-16,19,22-23,27H,4-5,7,9,13,17-18,20H2,1H3,(H,34,35)/t22?,23?,27-/m0/s1. The van der Waals surface area contributed by atoms with Crippen LogP contribution >= 0.6 is 0 Å². The first kappa shape index (κ1) is 25.6. The molecular weight excluding hydrogens is 457 g/mol. The van der Waals surface area contributed by atoms with Gasteiger partial charge in [-0.05, 0) is 86.0 Å². The van der Waals surface area contributed by atoms with E-state index < -0.39 is 12.1 Å². The van der Waals surface area contributed by atoms with Gasteiger partial charge in [-0.2, -0.15) is 0 Å². The topological polar surface area (TPSA) is 75.5 Å². The van der Waals surface area contributed by atoms with Gasteiger partial charge in [-0.15, -0.1) is 0 Å². The number of pyridine rings is 2. The third kappa shape index (κ3) is 6.79. The number of alkyl halides is 1. The van der Waals surface area contributed by atoms with Crippen LogP contribution in [-0.2, 0) is 4.79 Å². The average Bonchev–Trinajstić information content (AvgIpc) is 2.91. The SMILES string of the molecule is COc1ccc2nccc([C@@H](F)CCC3CCN(CC#Cc4ccncc4)CC3CCC(=O)O)c2c1. The number of benzene rings is 1. The van der Waals surface area contributed by atoms with Gasteiger partial charge in [0.15, 0.2) is 0 Å². The summed E-state index contributed by atoms with van der Waals surface area (Å²) in [5.74, 6) is 6.77. The molecule has 36 heavy (non-hydrogen) atoms. The molecule has 3 aromatic rings. The van der Waals surface area contributed by atoms with E-state index in [-0.39, 0.29) is 18.3 Å². The van der Waals surface area contributed by atoms with E-state index in [0.717, 1.165) is 42.4 Å². The summed E-state index contributed by atoms with van der Waals surface area (Å²) in [6, 6.07) is 11.0. The monoisotopic (exact) mass is 489 g/mol. The Labute approximate surface area is 211 Å². The number of nitrogens with zero attached hydrogens (tertiary/aromatic N) is 3. The zero-order valence-electron chi connectivity index (χ0n) is 20.6. The summed E-state index contributed by atoms with van der Waals surface area (Å²) in [7, 11) is 1.60. The lowest BCUT2D eigenvalue weighted by atomic mass is 9.79. The Morgan fingerprint density at radius 1 is 1.19 bits per heavy atom. The maximum absolute atomic E-state index is 15.5. The van der Waals surface area contributed by atoms with Gasteiger partial charge in [0.05, 0.1) is 19.2 Å². The van der Waals surface area contributed by atoms with Crippen LogP contribution in [-0.4, -0.2) is 52.7 Å². The van der Waals surface area contributed by atoms with Gasteiger partial charge in [-0.3, -0.25) is 19.7 Å². The molecule has 2 unspecified atom stereocenters. The van der Waals surface area contributed by atoms with Crippen LogP contribution in [0.15, 0.2) is 55.0 Å². The molecule has 1 aliphatic rings. The van der Waals surface area contributed by atoms with Gasteiger partial charge in [0, 0.05) is 42.5 Å². The summed E-state index contributed by atoms with van der Waals surface area (Å²) >= 11 is 0. The number of piperidine rings is 1. The molecule has 0 amide bonds. The fourth-order valence-corrected chi connectivity index (χ4v) is 5.07. The summed E-state index contributed by atoms with van der Waals surface area (Å²) in [6.45, 7) is 2.30. The van der Waals surface area contributed by atoms with E-state index in [1.165, 1.54) is 0 Å². The number of carboxylic acids is 1. The van der Waals surface area contributed by atoms with Crippen molar-refractivity contribution in [3.05, 3.63) is 66.1 Å². The van der Waals surface area contributed by atoms with Crippen LogP contribution in [0.25, 0.3) is 10.9 Å².